The molecule has 0 N–H and O–H groups in total. The van der Waals surface area contributed by atoms with Gasteiger partial charge in [0.05, 0.1) is 18.1 Å². The molecule has 1 saturated carbocycles. The molecule has 0 aromatic heterocycles. The zero-order chi connectivity index (χ0) is 31.2. The number of benzene rings is 1. The highest BCUT2D eigenvalue weighted by atomic mass is 35.5. The van der Waals surface area contributed by atoms with Crippen molar-refractivity contribution in [3.8, 4) is 0 Å². The lowest BCUT2D eigenvalue weighted by atomic mass is 10.2. The van der Waals surface area contributed by atoms with E-state index in [9.17, 15) is 31.9 Å². The van der Waals surface area contributed by atoms with E-state index < -0.39 is 28.9 Å². The standard InChI is InChI=1S/C17H20ClFO4S.C9H12F3NO.C2H6/c1-3-22-15(20)6-7-23-17(21)16(11-4-5-11)24-14-8-10(2)13(19)9-12(14)18;1-6(2)13(4)8(5-7(3)14)9(10,11)12;1-2/h8-9,11,16H,3-7H2,1-2H3;5H,1H2,2-4H3;1-2H3/b;8-5-;. The Hall–Kier alpha value is -2.53. The molecule has 0 bridgehead atoms. The van der Waals surface area contributed by atoms with Gasteiger partial charge in [0.15, 0.2) is 5.78 Å². The minimum Gasteiger partial charge on any atom is -0.466 e. The van der Waals surface area contributed by atoms with Crippen LogP contribution in [0, 0.1) is 18.7 Å². The van der Waals surface area contributed by atoms with Gasteiger partial charge in [-0.15, -0.1) is 11.8 Å². The van der Waals surface area contributed by atoms with E-state index in [4.69, 9.17) is 21.1 Å². The summed E-state index contributed by atoms with van der Waals surface area (Å²) in [5.74, 6) is -1.55. The quantitative estimate of drug-likeness (QED) is 0.110. The van der Waals surface area contributed by atoms with Crippen LogP contribution in [0.4, 0.5) is 17.6 Å². The minimum absolute atomic E-state index is 0.00236. The van der Waals surface area contributed by atoms with Crippen LogP contribution in [0.15, 0.2) is 41.1 Å². The summed E-state index contributed by atoms with van der Waals surface area (Å²) in [6.07, 6.45) is -2.06. The molecular weight excluding hydrogens is 574 g/mol. The molecule has 1 aliphatic carbocycles. The second kappa shape index (κ2) is 18.0. The van der Waals surface area contributed by atoms with Gasteiger partial charge in [-0.1, -0.05) is 32.0 Å². The molecule has 40 heavy (non-hydrogen) atoms. The SMILES string of the molecule is C=C(C)N(C)/C(=C\C(C)=O)C(F)(F)F.CC.CCOC(=O)CCOC(=O)C(Sc1cc(C)c(F)cc1Cl)C1CC1. The van der Waals surface area contributed by atoms with Gasteiger partial charge < -0.3 is 14.4 Å². The van der Waals surface area contributed by atoms with Crippen molar-refractivity contribution in [2.45, 2.75) is 77.1 Å². The molecule has 0 radical (unpaired) electrons. The number of ketones is 1. The van der Waals surface area contributed by atoms with Crippen LogP contribution in [0.1, 0.15) is 59.4 Å². The van der Waals surface area contributed by atoms with Crippen LogP contribution in [0.5, 0.6) is 0 Å². The Labute approximate surface area is 243 Å². The molecule has 1 aromatic carbocycles. The van der Waals surface area contributed by atoms with Gasteiger partial charge in [0.2, 0.25) is 0 Å². The Morgan fingerprint density at radius 2 is 1.77 bits per heavy atom. The molecular formula is C28H38ClF4NO5S. The van der Waals surface area contributed by atoms with E-state index in [0.717, 1.165) is 24.7 Å². The number of aryl methyl sites for hydroxylation is 1. The van der Waals surface area contributed by atoms with Crippen molar-refractivity contribution in [1.29, 1.82) is 0 Å². The van der Waals surface area contributed by atoms with E-state index in [-0.39, 0.29) is 41.5 Å². The maximum absolute atomic E-state index is 13.5. The summed E-state index contributed by atoms with van der Waals surface area (Å²) in [5, 5.41) is -0.109. The first kappa shape index (κ1) is 37.5. The number of ether oxygens (including phenoxy) is 2. The number of carbonyl (C=O) groups is 3. The lowest BCUT2D eigenvalue weighted by Gasteiger charge is -2.24. The van der Waals surface area contributed by atoms with Crippen molar-refractivity contribution in [3.63, 3.8) is 0 Å². The summed E-state index contributed by atoms with van der Waals surface area (Å²) in [6.45, 7) is 13.5. The smallest absolute Gasteiger partial charge is 0.431 e. The Morgan fingerprint density at radius 3 is 2.23 bits per heavy atom. The Balaban J connectivity index is 0.000000815. The number of halogens is 5. The summed E-state index contributed by atoms with van der Waals surface area (Å²) < 4.78 is 60.7. The molecule has 0 aliphatic heterocycles. The highest BCUT2D eigenvalue weighted by molar-refractivity contribution is 8.00. The van der Waals surface area contributed by atoms with Crippen LogP contribution in [-0.4, -0.2) is 54.3 Å². The van der Waals surface area contributed by atoms with Gasteiger partial charge in [-0.25, -0.2) is 4.39 Å². The molecule has 1 atom stereocenters. The van der Waals surface area contributed by atoms with Gasteiger partial charge in [-0.05, 0) is 64.2 Å². The number of esters is 2. The normalized spacial score (nSPS) is 13.6. The van der Waals surface area contributed by atoms with Gasteiger partial charge >= 0.3 is 18.1 Å². The summed E-state index contributed by atoms with van der Waals surface area (Å²) >= 11 is 7.38. The first-order valence-corrected chi connectivity index (χ1v) is 14.0. The van der Waals surface area contributed by atoms with E-state index in [1.54, 1.807) is 19.9 Å². The lowest BCUT2D eigenvalue weighted by molar-refractivity contribution is -0.148. The van der Waals surface area contributed by atoms with Gasteiger partial charge in [-0.3, -0.25) is 14.4 Å². The highest BCUT2D eigenvalue weighted by Gasteiger charge is 2.39. The van der Waals surface area contributed by atoms with E-state index in [2.05, 4.69) is 6.58 Å². The molecule has 2 rings (SSSR count). The zero-order valence-electron chi connectivity index (χ0n) is 23.9. The maximum atomic E-state index is 13.5. The first-order chi connectivity index (χ1) is 18.6. The molecule has 12 heteroatoms. The van der Waals surface area contributed by atoms with Crippen LogP contribution in [-0.2, 0) is 23.9 Å². The Kier molecular flexibility index (Phi) is 16.9. The molecule has 1 fully saturated rings. The predicted molar refractivity (Wildman–Crippen MR) is 149 cm³/mol. The third kappa shape index (κ3) is 13.7. The predicted octanol–water partition coefficient (Wildman–Crippen LogP) is 7.67. The molecule has 1 aromatic rings. The monoisotopic (exact) mass is 611 g/mol. The van der Waals surface area contributed by atoms with Gasteiger partial charge in [-0.2, -0.15) is 13.2 Å². The Bertz CT molecular complexity index is 1060. The van der Waals surface area contributed by atoms with Crippen molar-refractivity contribution in [3.05, 3.63) is 52.6 Å². The third-order valence-electron chi connectivity index (χ3n) is 5.17. The van der Waals surface area contributed by atoms with Gasteiger partial charge in [0.25, 0.3) is 0 Å². The van der Waals surface area contributed by atoms with E-state index in [1.165, 1.54) is 31.8 Å². The van der Waals surface area contributed by atoms with Crippen LogP contribution in [0.3, 0.4) is 0 Å². The van der Waals surface area contributed by atoms with Crippen LogP contribution in [0.25, 0.3) is 0 Å². The van der Waals surface area contributed by atoms with E-state index in [1.807, 2.05) is 13.8 Å². The summed E-state index contributed by atoms with van der Waals surface area (Å²) in [6, 6.07) is 2.90. The fraction of sp³-hybridized carbons (Fsp3) is 0.536. The average Bonchev–Trinajstić information content (AvgIpc) is 3.69. The third-order valence-corrected chi connectivity index (χ3v) is 7.02. The maximum Gasteiger partial charge on any atom is 0.431 e. The number of nitrogens with zero attached hydrogens (tertiary/aromatic N) is 1. The van der Waals surface area contributed by atoms with Crippen LogP contribution in [0.2, 0.25) is 5.02 Å². The second-order valence-corrected chi connectivity index (χ2v) is 10.2. The molecule has 1 aliphatic rings. The van der Waals surface area contributed by atoms with Crippen molar-refractivity contribution in [2.75, 3.05) is 20.3 Å². The number of alkyl halides is 3. The minimum atomic E-state index is -4.54. The molecule has 0 amide bonds. The van der Waals surface area contributed by atoms with Gasteiger partial charge in [0, 0.05) is 23.7 Å². The van der Waals surface area contributed by atoms with Gasteiger partial charge in [0.1, 0.15) is 23.4 Å². The fourth-order valence-corrected chi connectivity index (χ4v) is 4.51. The number of thioether (sulfide) groups is 1. The topological polar surface area (TPSA) is 72.9 Å². The lowest BCUT2D eigenvalue weighted by Crippen LogP contribution is -2.27. The number of hydrogen-bond donors (Lipinski definition) is 0. The number of hydrogen-bond acceptors (Lipinski definition) is 7. The molecule has 226 valence electrons. The summed E-state index contributed by atoms with van der Waals surface area (Å²) in [7, 11) is 1.21. The van der Waals surface area contributed by atoms with E-state index in [0.29, 0.717) is 23.1 Å². The Morgan fingerprint density at radius 1 is 1.20 bits per heavy atom. The number of allylic oxidation sites excluding steroid dienone is 3. The van der Waals surface area contributed by atoms with Crippen LogP contribution >= 0.6 is 23.4 Å². The molecule has 0 spiro atoms. The number of carbonyl (C=O) groups excluding carboxylic acids is 3. The highest BCUT2D eigenvalue weighted by Crippen LogP contribution is 2.44. The zero-order valence-corrected chi connectivity index (χ0v) is 25.5. The summed E-state index contributed by atoms with van der Waals surface area (Å²) in [5.41, 5.74) is -0.306. The second-order valence-electron chi connectivity index (χ2n) is 8.56. The fourth-order valence-electron chi connectivity index (χ4n) is 2.91. The largest absolute Gasteiger partial charge is 0.466 e. The van der Waals surface area contributed by atoms with Crippen molar-refractivity contribution in [1.82, 2.24) is 4.90 Å². The molecule has 0 heterocycles. The van der Waals surface area contributed by atoms with E-state index >= 15 is 0 Å². The van der Waals surface area contributed by atoms with Crippen molar-refractivity contribution >= 4 is 41.1 Å². The molecule has 1 unspecified atom stereocenters. The average molecular weight is 612 g/mol. The summed E-state index contributed by atoms with van der Waals surface area (Å²) in [4.78, 5) is 35.7. The number of rotatable bonds is 11. The molecule has 0 saturated heterocycles. The first-order valence-electron chi connectivity index (χ1n) is 12.7. The van der Waals surface area contributed by atoms with Crippen LogP contribution < -0.4 is 0 Å². The van der Waals surface area contributed by atoms with Crippen molar-refractivity contribution < 1.29 is 41.4 Å². The van der Waals surface area contributed by atoms with Crippen molar-refractivity contribution in [2.24, 2.45) is 5.92 Å². The molecule has 6 nitrogen and oxygen atoms in total.